The van der Waals surface area contributed by atoms with Gasteiger partial charge in [0.2, 0.25) is 0 Å². The van der Waals surface area contributed by atoms with Crippen LogP contribution in [0.2, 0.25) is 0 Å². The van der Waals surface area contributed by atoms with Crippen LogP contribution in [-0.4, -0.2) is 5.91 Å². The third-order valence-electron chi connectivity index (χ3n) is 4.52. The second kappa shape index (κ2) is 7.44. The van der Waals surface area contributed by atoms with Gasteiger partial charge in [0.15, 0.2) is 0 Å². The fourth-order valence-electron chi connectivity index (χ4n) is 2.99. The van der Waals surface area contributed by atoms with E-state index in [9.17, 15) is 9.59 Å². The lowest BCUT2D eigenvalue weighted by Crippen LogP contribution is -2.12. The summed E-state index contributed by atoms with van der Waals surface area (Å²) in [7, 11) is 0. The van der Waals surface area contributed by atoms with Gasteiger partial charge in [-0.05, 0) is 60.5 Å². The third-order valence-corrected chi connectivity index (χ3v) is 5.41. The molecule has 0 saturated carbocycles. The first-order valence-corrected chi connectivity index (χ1v) is 9.51. The van der Waals surface area contributed by atoms with Crippen molar-refractivity contribution in [2.24, 2.45) is 0 Å². The van der Waals surface area contributed by atoms with Gasteiger partial charge in [-0.15, -0.1) is 0 Å². The van der Waals surface area contributed by atoms with Crippen molar-refractivity contribution in [3.05, 3.63) is 98.8 Å². The Balaban J connectivity index is 1.60. The van der Waals surface area contributed by atoms with Crippen LogP contribution in [0.1, 0.15) is 15.9 Å². The van der Waals surface area contributed by atoms with Crippen LogP contribution in [0.3, 0.4) is 0 Å². The molecule has 0 saturated heterocycles. The van der Waals surface area contributed by atoms with E-state index in [4.69, 9.17) is 4.42 Å². The molecule has 0 aliphatic heterocycles. The van der Waals surface area contributed by atoms with Crippen LogP contribution < -0.4 is 10.9 Å². The van der Waals surface area contributed by atoms with Gasteiger partial charge in [-0.1, -0.05) is 46.3 Å². The number of rotatable bonds is 3. The summed E-state index contributed by atoms with van der Waals surface area (Å²) in [6.45, 7) is 1.96. The minimum Gasteiger partial charge on any atom is -0.422 e. The number of fused-ring (bicyclic) bond motifs is 1. The number of halogens is 1. The number of carbonyl (C=O) groups is 1. The first-order valence-electron chi connectivity index (χ1n) is 8.72. The van der Waals surface area contributed by atoms with Gasteiger partial charge in [0, 0.05) is 21.1 Å². The highest BCUT2D eigenvalue weighted by Gasteiger charge is 2.10. The number of carbonyl (C=O) groups excluding carboxylic acids is 1. The Morgan fingerprint density at radius 1 is 0.964 bits per heavy atom. The quantitative estimate of drug-likeness (QED) is 0.416. The van der Waals surface area contributed by atoms with Gasteiger partial charge in [0.1, 0.15) is 5.58 Å². The second-order valence-electron chi connectivity index (χ2n) is 6.48. The highest BCUT2D eigenvalue weighted by molar-refractivity contribution is 9.10. The number of aryl methyl sites for hydroxylation is 1. The Bertz CT molecular complexity index is 1240. The van der Waals surface area contributed by atoms with Crippen LogP contribution in [0, 0.1) is 6.92 Å². The summed E-state index contributed by atoms with van der Waals surface area (Å²) in [5.74, 6) is -0.209. The van der Waals surface area contributed by atoms with Crippen LogP contribution >= 0.6 is 15.9 Å². The summed E-state index contributed by atoms with van der Waals surface area (Å²) in [5, 5.41) is 3.73. The molecule has 1 N–H and O–H groups in total. The van der Waals surface area contributed by atoms with Crippen molar-refractivity contribution in [3.63, 3.8) is 0 Å². The average molecular weight is 434 g/mol. The molecule has 1 heterocycles. The topological polar surface area (TPSA) is 59.3 Å². The number of amides is 1. The monoisotopic (exact) mass is 433 g/mol. The smallest absolute Gasteiger partial charge is 0.344 e. The molecule has 3 aromatic carbocycles. The summed E-state index contributed by atoms with van der Waals surface area (Å²) in [6.07, 6.45) is 0. The summed E-state index contributed by atoms with van der Waals surface area (Å²) < 4.78 is 6.38. The molecular weight excluding hydrogens is 418 g/mol. The fraction of sp³-hybridized carbons (Fsp3) is 0.0435. The van der Waals surface area contributed by atoms with Crippen LogP contribution in [0.4, 0.5) is 5.69 Å². The molecule has 4 aromatic rings. The normalized spacial score (nSPS) is 10.8. The molecule has 0 spiro atoms. The predicted molar refractivity (Wildman–Crippen MR) is 115 cm³/mol. The number of anilines is 1. The van der Waals surface area contributed by atoms with Gasteiger partial charge in [0.25, 0.3) is 5.91 Å². The number of hydrogen-bond donors (Lipinski definition) is 1. The van der Waals surface area contributed by atoms with E-state index in [0.717, 1.165) is 21.1 Å². The highest BCUT2D eigenvalue weighted by atomic mass is 79.9. The van der Waals surface area contributed by atoms with E-state index in [1.54, 1.807) is 36.4 Å². The molecule has 1 aromatic heterocycles. The highest BCUT2D eigenvalue weighted by Crippen LogP contribution is 2.23. The van der Waals surface area contributed by atoms with Crippen LogP contribution in [0.25, 0.3) is 22.1 Å². The largest absolute Gasteiger partial charge is 0.422 e. The molecule has 1 amide bonds. The van der Waals surface area contributed by atoms with E-state index in [-0.39, 0.29) is 5.91 Å². The Morgan fingerprint density at radius 3 is 2.46 bits per heavy atom. The van der Waals surface area contributed by atoms with Crippen molar-refractivity contribution in [2.75, 3.05) is 5.32 Å². The van der Waals surface area contributed by atoms with Crippen molar-refractivity contribution < 1.29 is 9.21 Å². The lowest BCUT2D eigenvalue weighted by Gasteiger charge is -2.08. The first kappa shape index (κ1) is 18.2. The minimum absolute atomic E-state index is 0.209. The van der Waals surface area contributed by atoms with Crippen molar-refractivity contribution in [1.29, 1.82) is 0 Å². The Kier molecular flexibility index (Phi) is 4.84. The minimum atomic E-state index is -0.402. The summed E-state index contributed by atoms with van der Waals surface area (Å²) >= 11 is 3.45. The Morgan fingerprint density at radius 2 is 1.71 bits per heavy atom. The summed E-state index contributed by atoms with van der Waals surface area (Å²) in [4.78, 5) is 24.8. The lowest BCUT2D eigenvalue weighted by atomic mass is 10.0. The first-order chi connectivity index (χ1) is 13.5. The maximum atomic E-state index is 12.5. The summed E-state index contributed by atoms with van der Waals surface area (Å²) in [5.41, 5.74) is 3.60. The molecule has 4 nitrogen and oxygen atoms in total. The molecule has 138 valence electrons. The maximum absolute atomic E-state index is 12.5. The molecule has 0 aliphatic carbocycles. The van der Waals surface area contributed by atoms with Gasteiger partial charge in [-0.2, -0.15) is 0 Å². The average Bonchev–Trinajstić information content (AvgIpc) is 2.70. The van der Waals surface area contributed by atoms with Gasteiger partial charge in [-0.25, -0.2) is 4.79 Å². The number of nitrogens with one attached hydrogen (secondary N) is 1. The van der Waals surface area contributed by atoms with Crippen molar-refractivity contribution in [1.82, 2.24) is 0 Å². The van der Waals surface area contributed by atoms with E-state index in [1.165, 1.54) is 0 Å². The molecule has 28 heavy (non-hydrogen) atoms. The fourth-order valence-corrected chi connectivity index (χ4v) is 3.24. The molecule has 0 unspecified atom stereocenters. The number of hydrogen-bond acceptors (Lipinski definition) is 3. The standard InChI is InChI=1S/C23H16BrNO3/c1-14-12-18(10-11-20(14)24)25-22(26)16-8-6-15(7-9-16)19-13-17-4-2-3-5-21(17)28-23(19)27/h2-13H,1H3,(H,25,26). The molecule has 5 heteroatoms. The molecule has 0 radical (unpaired) electrons. The van der Waals surface area contributed by atoms with Gasteiger partial charge >= 0.3 is 5.63 Å². The zero-order valence-corrected chi connectivity index (χ0v) is 16.6. The van der Waals surface area contributed by atoms with Crippen LogP contribution in [-0.2, 0) is 0 Å². The van der Waals surface area contributed by atoms with Crippen molar-refractivity contribution in [3.8, 4) is 11.1 Å². The number of benzene rings is 3. The van der Waals surface area contributed by atoms with Gasteiger partial charge < -0.3 is 9.73 Å². The van der Waals surface area contributed by atoms with Crippen LogP contribution in [0.5, 0.6) is 0 Å². The predicted octanol–water partition coefficient (Wildman–Crippen LogP) is 5.78. The summed E-state index contributed by atoms with van der Waals surface area (Å²) in [6, 6.07) is 21.7. The van der Waals surface area contributed by atoms with Gasteiger partial charge in [0.05, 0.1) is 5.56 Å². The zero-order chi connectivity index (χ0) is 19.7. The molecule has 0 aliphatic rings. The van der Waals surface area contributed by atoms with Crippen molar-refractivity contribution in [2.45, 2.75) is 6.92 Å². The van der Waals surface area contributed by atoms with E-state index >= 15 is 0 Å². The SMILES string of the molecule is Cc1cc(NC(=O)c2ccc(-c3cc4ccccc4oc3=O)cc2)ccc1Br. The van der Waals surface area contributed by atoms with E-state index in [1.807, 2.05) is 43.3 Å². The van der Waals surface area contributed by atoms with Gasteiger partial charge in [-0.3, -0.25) is 4.79 Å². The Hall–Kier alpha value is -3.18. The molecule has 0 bridgehead atoms. The van der Waals surface area contributed by atoms with E-state index in [0.29, 0.717) is 22.3 Å². The van der Waals surface area contributed by atoms with E-state index in [2.05, 4.69) is 21.2 Å². The van der Waals surface area contributed by atoms with Crippen LogP contribution in [0.15, 0.2) is 86.5 Å². The number of para-hydroxylation sites is 1. The molecule has 0 fully saturated rings. The van der Waals surface area contributed by atoms with Crippen molar-refractivity contribution >= 4 is 38.5 Å². The molecular formula is C23H16BrNO3. The molecule has 0 atom stereocenters. The third kappa shape index (κ3) is 3.62. The lowest BCUT2D eigenvalue weighted by molar-refractivity contribution is 0.102. The molecule has 4 rings (SSSR count). The second-order valence-corrected chi connectivity index (χ2v) is 7.34. The zero-order valence-electron chi connectivity index (χ0n) is 15.0. The van der Waals surface area contributed by atoms with E-state index < -0.39 is 5.63 Å². The maximum Gasteiger partial charge on any atom is 0.344 e. The Labute approximate surface area is 170 Å².